The topological polar surface area (TPSA) is 60.0 Å². The van der Waals surface area contributed by atoms with Crippen LogP contribution in [-0.2, 0) is 4.79 Å². The van der Waals surface area contributed by atoms with Gasteiger partial charge in [0.15, 0.2) is 5.11 Å². The highest BCUT2D eigenvalue weighted by atomic mass is 35.5. The fourth-order valence-corrected chi connectivity index (χ4v) is 4.81. The van der Waals surface area contributed by atoms with Crippen LogP contribution >= 0.6 is 35.4 Å². The largest absolute Gasteiger partial charge is 0.363 e. The van der Waals surface area contributed by atoms with Gasteiger partial charge in [0, 0.05) is 34.8 Å². The molecule has 2 aliphatic heterocycles. The number of benzene rings is 2. The minimum atomic E-state index is -0.897. The van der Waals surface area contributed by atoms with Crippen molar-refractivity contribution in [1.82, 2.24) is 15.5 Å². The van der Waals surface area contributed by atoms with Gasteiger partial charge in [-0.3, -0.25) is 4.79 Å². The first-order chi connectivity index (χ1) is 15.9. The molecule has 2 aromatic rings. The molecule has 4 rings (SSSR count). The van der Waals surface area contributed by atoms with Crippen LogP contribution in [0.25, 0.3) is 0 Å². The number of hydrogen-bond acceptors (Lipinski definition) is 4. The van der Waals surface area contributed by atoms with E-state index in [1.807, 2.05) is 24.3 Å². The maximum atomic E-state index is 13.3. The number of nitrogens with one attached hydrogen (secondary N) is 2. The van der Waals surface area contributed by atoms with Crippen molar-refractivity contribution >= 4 is 57.8 Å². The van der Waals surface area contributed by atoms with Gasteiger partial charge in [0.05, 0.1) is 11.4 Å². The Hall–Kier alpha value is -2.19. The Balaban J connectivity index is 1.55. The van der Waals surface area contributed by atoms with Gasteiger partial charge in [-0.1, -0.05) is 41.4 Å². The molecule has 2 N–H and O–H groups in total. The molecule has 0 bridgehead atoms. The van der Waals surface area contributed by atoms with E-state index >= 15 is 0 Å². The summed E-state index contributed by atoms with van der Waals surface area (Å²) in [5.74, 6) is -0.221. The molecule has 1 fully saturated rings. The highest BCUT2D eigenvalue weighted by Crippen LogP contribution is 2.31. The number of likely N-dealkylation sites (tertiary alicyclic amines) is 1. The lowest BCUT2D eigenvalue weighted by atomic mass is 10.00. The minimum absolute atomic E-state index is 0.221. The zero-order valence-corrected chi connectivity index (χ0v) is 20.8. The van der Waals surface area contributed by atoms with Gasteiger partial charge in [-0.25, -0.2) is 4.99 Å². The van der Waals surface area contributed by atoms with Crippen LogP contribution in [0.3, 0.4) is 0 Å². The summed E-state index contributed by atoms with van der Waals surface area (Å²) in [6.07, 6.45) is 2.65. The SMILES string of the molecule is CN1C(=O)C(NC(=S)NCCCN2CCCC2)N=C(c2ccccc2Cl)c2cc(Cl)ccc21. The number of nitrogens with zero attached hydrogens (tertiary/aromatic N) is 3. The third kappa shape index (κ3) is 5.66. The average Bonchev–Trinajstić information content (AvgIpc) is 3.30. The Bertz CT molecular complexity index is 1070. The Kier molecular flexibility index (Phi) is 7.86. The summed E-state index contributed by atoms with van der Waals surface area (Å²) in [5.41, 5.74) is 2.75. The number of thiocarbonyl (C=S) groups is 1. The van der Waals surface area contributed by atoms with Gasteiger partial charge in [0.2, 0.25) is 6.17 Å². The normalized spacial score (nSPS) is 18.5. The van der Waals surface area contributed by atoms with E-state index in [1.54, 1.807) is 30.1 Å². The number of fused-ring (bicyclic) bond motifs is 1. The number of likely N-dealkylation sites (N-methyl/N-ethyl adjacent to an activating group) is 1. The van der Waals surface area contributed by atoms with E-state index in [4.69, 9.17) is 40.4 Å². The van der Waals surface area contributed by atoms with E-state index in [0.717, 1.165) is 30.6 Å². The Morgan fingerprint density at radius 3 is 2.67 bits per heavy atom. The quantitative estimate of drug-likeness (QED) is 0.459. The molecule has 2 aliphatic rings. The van der Waals surface area contributed by atoms with Crippen molar-refractivity contribution in [3.05, 3.63) is 63.6 Å². The van der Waals surface area contributed by atoms with Gasteiger partial charge < -0.3 is 20.4 Å². The number of halogens is 2. The van der Waals surface area contributed by atoms with Crippen LogP contribution in [0.4, 0.5) is 5.69 Å². The van der Waals surface area contributed by atoms with E-state index < -0.39 is 6.17 Å². The van der Waals surface area contributed by atoms with Crippen molar-refractivity contribution in [2.24, 2.45) is 4.99 Å². The molecule has 0 aliphatic carbocycles. The summed E-state index contributed by atoms with van der Waals surface area (Å²) in [7, 11) is 1.72. The average molecular weight is 504 g/mol. The third-order valence-corrected chi connectivity index (χ3v) is 6.76. The second-order valence-corrected chi connectivity index (χ2v) is 9.47. The zero-order valence-electron chi connectivity index (χ0n) is 18.5. The zero-order chi connectivity index (χ0) is 23.4. The summed E-state index contributed by atoms with van der Waals surface area (Å²) in [5, 5.41) is 7.79. The number of carbonyl (C=O) groups excluding carboxylic acids is 1. The highest BCUT2D eigenvalue weighted by Gasteiger charge is 2.31. The number of rotatable bonds is 6. The van der Waals surface area contributed by atoms with Gasteiger partial charge in [-0.2, -0.15) is 0 Å². The maximum absolute atomic E-state index is 13.3. The molecule has 0 spiro atoms. The lowest BCUT2D eigenvalue weighted by molar-refractivity contribution is -0.119. The van der Waals surface area contributed by atoms with Crippen molar-refractivity contribution < 1.29 is 4.79 Å². The first kappa shape index (κ1) is 24.0. The van der Waals surface area contributed by atoms with Crippen LogP contribution in [0.1, 0.15) is 30.4 Å². The fraction of sp³-hybridized carbons (Fsp3) is 0.375. The molecule has 1 amide bonds. The maximum Gasteiger partial charge on any atom is 0.272 e. The second kappa shape index (κ2) is 10.8. The number of anilines is 1. The predicted octanol–water partition coefficient (Wildman–Crippen LogP) is 4.08. The van der Waals surface area contributed by atoms with Gasteiger partial charge in [-0.15, -0.1) is 0 Å². The molecule has 1 saturated heterocycles. The van der Waals surface area contributed by atoms with Gasteiger partial charge in [0.25, 0.3) is 5.91 Å². The van der Waals surface area contributed by atoms with Gasteiger partial charge in [-0.05, 0) is 75.4 Å². The second-order valence-electron chi connectivity index (χ2n) is 8.22. The Morgan fingerprint density at radius 1 is 1.15 bits per heavy atom. The van der Waals surface area contributed by atoms with Crippen LogP contribution in [0, 0.1) is 0 Å². The molecular formula is C24H27Cl2N5OS. The molecule has 174 valence electrons. The molecular weight excluding hydrogens is 477 g/mol. The van der Waals surface area contributed by atoms with E-state index in [-0.39, 0.29) is 5.91 Å². The lowest BCUT2D eigenvalue weighted by Crippen LogP contribution is -2.49. The Morgan fingerprint density at radius 2 is 1.91 bits per heavy atom. The van der Waals surface area contributed by atoms with Crippen molar-refractivity contribution in [2.45, 2.75) is 25.4 Å². The number of amides is 1. The Labute approximate surface area is 209 Å². The molecule has 33 heavy (non-hydrogen) atoms. The lowest BCUT2D eigenvalue weighted by Gasteiger charge is -2.22. The first-order valence-electron chi connectivity index (χ1n) is 11.1. The van der Waals surface area contributed by atoms with Gasteiger partial charge in [0.1, 0.15) is 0 Å². The van der Waals surface area contributed by atoms with E-state index in [9.17, 15) is 4.79 Å². The summed E-state index contributed by atoms with van der Waals surface area (Å²) in [6.45, 7) is 4.13. The fourth-order valence-electron chi connectivity index (χ4n) is 4.19. The minimum Gasteiger partial charge on any atom is -0.363 e. The molecule has 6 nitrogen and oxygen atoms in total. The molecule has 2 heterocycles. The number of hydrogen-bond donors (Lipinski definition) is 2. The van der Waals surface area contributed by atoms with Crippen LogP contribution in [0.5, 0.6) is 0 Å². The molecule has 0 radical (unpaired) electrons. The van der Waals surface area contributed by atoms with Crippen molar-refractivity contribution in [1.29, 1.82) is 0 Å². The van der Waals surface area contributed by atoms with E-state index in [2.05, 4.69) is 15.5 Å². The van der Waals surface area contributed by atoms with Crippen molar-refractivity contribution in [2.75, 3.05) is 38.1 Å². The first-order valence-corrected chi connectivity index (χ1v) is 12.3. The van der Waals surface area contributed by atoms with E-state index in [0.29, 0.717) is 26.6 Å². The molecule has 1 unspecified atom stereocenters. The molecule has 2 aromatic carbocycles. The number of benzodiazepines with no additional fused rings is 1. The monoisotopic (exact) mass is 503 g/mol. The highest BCUT2D eigenvalue weighted by molar-refractivity contribution is 7.80. The predicted molar refractivity (Wildman–Crippen MR) is 140 cm³/mol. The molecule has 0 saturated carbocycles. The summed E-state index contributed by atoms with van der Waals surface area (Å²) < 4.78 is 0. The molecule has 1 atom stereocenters. The van der Waals surface area contributed by atoms with Crippen LogP contribution in [0.15, 0.2) is 47.5 Å². The van der Waals surface area contributed by atoms with Crippen LogP contribution in [-0.4, -0.2) is 61.0 Å². The molecule has 9 heteroatoms. The third-order valence-electron chi connectivity index (χ3n) is 5.93. The van der Waals surface area contributed by atoms with Crippen LogP contribution < -0.4 is 15.5 Å². The van der Waals surface area contributed by atoms with Crippen LogP contribution in [0.2, 0.25) is 10.0 Å². The van der Waals surface area contributed by atoms with E-state index in [1.165, 1.54) is 25.9 Å². The van der Waals surface area contributed by atoms with Gasteiger partial charge >= 0.3 is 0 Å². The number of aliphatic imine (C=N–C) groups is 1. The standard InChI is InChI=1S/C24H27Cl2N5OS/c1-30-20-10-9-16(25)15-18(20)21(17-7-2-3-8-19(17)26)28-22(23(30)32)29-24(33)27-11-6-14-31-12-4-5-13-31/h2-3,7-10,15,22H,4-6,11-14H2,1H3,(H2,27,29,33). The number of carbonyl (C=O) groups is 1. The molecule has 0 aromatic heterocycles. The summed E-state index contributed by atoms with van der Waals surface area (Å²) in [4.78, 5) is 22.1. The summed E-state index contributed by atoms with van der Waals surface area (Å²) in [6, 6.07) is 12.8. The van der Waals surface area contributed by atoms with Crippen molar-refractivity contribution in [3.8, 4) is 0 Å². The smallest absolute Gasteiger partial charge is 0.272 e. The summed E-state index contributed by atoms with van der Waals surface area (Å²) >= 11 is 18.3. The van der Waals surface area contributed by atoms with Crippen molar-refractivity contribution in [3.63, 3.8) is 0 Å².